The van der Waals surface area contributed by atoms with Crippen molar-refractivity contribution in [2.24, 2.45) is 10.7 Å². The summed E-state index contributed by atoms with van der Waals surface area (Å²) in [6.07, 6.45) is 3.64. The molecule has 0 aliphatic rings. The zero-order valence-electron chi connectivity index (χ0n) is 14.1. The molecule has 136 valence electrons. The third-order valence-electron chi connectivity index (χ3n) is 3.54. The van der Waals surface area contributed by atoms with E-state index in [0.717, 1.165) is 16.9 Å². The molecule has 0 radical (unpaired) electrons. The number of ether oxygens (including phenoxy) is 1. The second-order valence-electron chi connectivity index (χ2n) is 5.30. The van der Waals surface area contributed by atoms with Gasteiger partial charge in [-0.2, -0.15) is 5.10 Å². The molecule has 0 amide bonds. The van der Waals surface area contributed by atoms with Crippen molar-refractivity contribution in [3.8, 4) is 11.4 Å². The predicted molar refractivity (Wildman–Crippen MR) is 116 cm³/mol. The van der Waals surface area contributed by atoms with Gasteiger partial charge in [0.25, 0.3) is 0 Å². The maximum absolute atomic E-state index is 6.10. The molecular weight excluding hydrogens is 465 g/mol. The molecule has 0 saturated heterocycles. The molecule has 1 heterocycles. The number of hydrogen-bond donors (Lipinski definition) is 2. The fourth-order valence-electron chi connectivity index (χ4n) is 2.33. The Balaban J connectivity index is 0.00000243. The number of aliphatic imine (C=N–C) groups is 1. The molecular formula is C18H19ClIN5O. The number of halogens is 2. The number of nitrogens with two attached hydrogens (primary N) is 1. The normalized spacial score (nSPS) is 10.9. The topological polar surface area (TPSA) is 77.5 Å². The average Bonchev–Trinajstić information content (AvgIpc) is 3.15. The maximum Gasteiger partial charge on any atom is 0.193 e. The van der Waals surface area contributed by atoms with Gasteiger partial charge in [-0.05, 0) is 42.0 Å². The Labute approximate surface area is 174 Å². The van der Waals surface area contributed by atoms with E-state index in [-0.39, 0.29) is 24.0 Å². The summed E-state index contributed by atoms with van der Waals surface area (Å²) >= 11 is 6.10. The number of hydrogen-bond acceptors (Lipinski definition) is 3. The van der Waals surface area contributed by atoms with Gasteiger partial charge in [0, 0.05) is 18.1 Å². The van der Waals surface area contributed by atoms with E-state index in [2.05, 4.69) is 15.4 Å². The Morgan fingerprint density at radius 2 is 2.12 bits per heavy atom. The van der Waals surface area contributed by atoms with Gasteiger partial charge >= 0.3 is 0 Å². The minimum Gasteiger partial charge on any atom is -0.495 e. The molecule has 26 heavy (non-hydrogen) atoms. The van der Waals surface area contributed by atoms with Gasteiger partial charge in [-0.25, -0.2) is 9.67 Å². The second-order valence-corrected chi connectivity index (χ2v) is 5.70. The van der Waals surface area contributed by atoms with Crippen LogP contribution in [0, 0.1) is 0 Å². The van der Waals surface area contributed by atoms with E-state index in [4.69, 9.17) is 22.1 Å². The summed E-state index contributed by atoms with van der Waals surface area (Å²) in [4.78, 5) is 4.36. The Morgan fingerprint density at radius 3 is 2.81 bits per heavy atom. The van der Waals surface area contributed by atoms with Gasteiger partial charge in [-0.1, -0.05) is 23.7 Å². The van der Waals surface area contributed by atoms with Crippen LogP contribution in [-0.2, 0) is 6.54 Å². The number of benzene rings is 2. The molecule has 0 saturated carbocycles. The highest BCUT2D eigenvalue weighted by molar-refractivity contribution is 14.0. The van der Waals surface area contributed by atoms with Crippen molar-refractivity contribution in [3.05, 3.63) is 71.5 Å². The summed E-state index contributed by atoms with van der Waals surface area (Å²) in [7, 11) is 1.57. The third kappa shape index (κ3) is 5.12. The van der Waals surface area contributed by atoms with Gasteiger partial charge in [0.1, 0.15) is 5.75 Å². The van der Waals surface area contributed by atoms with Crippen molar-refractivity contribution in [2.45, 2.75) is 6.54 Å². The van der Waals surface area contributed by atoms with Crippen molar-refractivity contribution >= 4 is 47.2 Å². The number of anilines is 1. The molecule has 0 atom stereocenters. The lowest BCUT2D eigenvalue weighted by Crippen LogP contribution is -2.22. The van der Waals surface area contributed by atoms with Crippen LogP contribution in [0.2, 0.25) is 5.02 Å². The number of nitrogens with one attached hydrogen (secondary N) is 1. The first kappa shape index (κ1) is 20.1. The highest BCUT2D eigenvalue weighted by Crippen LogP contribution is 2.27. The summed E-state index contributed by atoms with van der Waals surface area (Å²) in [5, 5.41) is 7.75. The van der Waals surface area contributed by atoms with Gasteiger partial charge in [0.05, 0.1) is 24.4 Å². The van der Waals surface area contributed by atoms with E-state index in [1.165, 1.54) is 0 Å². The van der Waals surface area contributed by atoms with Crippen LogP contribution < -0.4 is 15.8 Å². The van der Waals surface area contributed by atoms with Gasteiger partial charge in [0.2, 0.25) is 0 Å². The Bertz CT molecular complexity index is 883. The summed E-state index contributed by atoms with van der Waals surface area (Å²) in [5.41, 5.74) is 8.71. The standard InChI is InChI=1S/C18H18ClN5O.HI/c1-25-17-7-6-14(11-16(17)19)23-18(20)21-12-13-4-2-5-15(10-13)24-9-3-8-22-24;/h2-11H,12H2,1H3,(H3,20,21,23);1H. The van der Waals surface area contributed by atoms with E-state index in [9.17, 15) is 0 Å². The van der Waals surface area contributed by atoms with Crippen LogP contribution in [0.3, 0.4) is 0 Å². The van der Waals surface area contributed by atoms with E-state index in [1.807, 2.05) is 42.6 Å². The first-order valence-electron chi connectivity index (χ1n) is 7.65. The molecule has 2 aromatic carbocycles. The van der Waals surface area contributed by atoms with Crippen LogP contribution in [0.1, 0.15) is 5.56 Å². The van der Waals surface area contributed by atoms with Crippen molar-refractivity contribution in [1.82, 2.24) is 9.78 Å². The van der Waals surface area contributed by atoms with Gasteiger partial charge in [-0.15, -0.1) is 24.0 Å². The molecule has 3 N–H and O–H groups in total. The lowest BCUT2D eigenvalue weighted by molar-refractivity contribution is 0.415. The highest BCUT2D eigenvalue weighted by Gasteiger charge is 2.03. The van der Waals surface area contributed by atoms with Crippen LogP contribution in [-0.4, -0.2) is 22.8 Å². The Morgan fingerprint density at radius 1 is 1.27 bits per heavy atom. The summed E-state index contributed by atoms with van der Waals surface area (Å²) in [6, 6.07) is 15.2. The molecule has 0 unspecified atom stereocenters. The van der Waals surface area contributed by atoms with Crippen LogP contribution in [0.4, 0.5) is 5.69 Å². The molecule has 8 heteroatoms. The highest BCUT2D eigenvalue weighted by atomic mass is 127. The zero-order chi connectivity index (χ0) is 17.6. The maximum atomic E-state index is 6.10. The Kier molecular flexibility index (Phi) is 7.28. The lowest BCUT2D eigenvalue weighted by atomic mass is 10.2. The monoisotopic (exact) mass is 483 g/mol. The third-order valence-corrected chi connectivity index (χ3v) is 3.83. The van der Waals surface area contributed by atoms with Crippen LogP contribution >= 0.6 is 35.6 Å². The van der Waals surface area contributed by atoms with Crippen LogP contribution in [0.15, 0.2) is 65.9 Å². The summed E-state index contributed by atoms with van der Waals surface area (Å²) < 4.78 is 6.92. The van der Waals surface area contributed by atoms with Crippen LogP contribution in [0.5, 0.6) is 5.75 Å². The summed E-state index contributed by atoms with van der Waals surface area (Å²) in [6.45, 7) is 0.456. The molecule has 0 aliphatic carbocycles. The van der Waals surface area contributed by atoms with Gasteiger partial charge in [0.15, 0.2) is 5.96 Å². The molecule has 6 nitrogen and oxygen atoms in total. The zero-order valence-corrected chi connectivity index (χ0v) is 17.2. The van der Waals surface area contributed by atoms with Gasteiger partial charge in [-0.3, -0.25) is 0 Å². The SMILES string of the molecule is COc1ccc(NC(N)=NCc2cccc(-n3cccn3)c2)cc1Cl.I. The molecule has 0 bridgehead atoms. The number of guanidine groups is 1. The minimum absolute atomic E-state index is 0. The number of nitrogens with zero attached hydrogens (tertiary/aromatic N) is 3. The van der Waals surface area contributed by atoms with E-state index < -0.39 is 0 Å². The van der Waals surface area contributed by atoms with E-state index in [0.29, 0.717) is 23.3 Å². The lowest BCUT2D eigenvalue weighted by Gasteiger charge is -2.09. The van der Waals surface area contributed by atoms with Crippen molar-refractivity contribution in [3.63, 3.8) is 0 Å². The first-order valence-corrected chi connectivity index (χ1v) is 8.03. The fraction of sp³-hybridized carbons (Fsp3) is 0.111. The molecule has 3 aromatic rings. The summed E-state index contributed by atoms with van der Waals surface area (Å²) in [5.74, 6) is 0.920. The number of methoxy groups -OCH3 is 1. The van der Waals surface area contributed by atoms with Gasteiger partial charge < -0.3 is 15.8 Å². The molecule has 0 fully saturated rings. The first-order chi connectivity index (χ1) is 12.2. The fourth-order valence-corrected chi connectivity index (χ4v) is 2.58. The van der Waals surface area contributed by atoms with E-state index >= 15 is 0 Å². The van der Waals surface area contributed by atoms with Crippen molar-refractivity contribution < 1.29 is 4.74 Å². The molecule has 0 spiro atoms. The largest absolute Gasteiger partial charge is 0.495 e. The molecule has 1 aromatic heterocycles. The van der Waals surface area contributed by atoms with Crippen molar-refractivity contribution in [2.75, 3.05) is 12.4 Å². The van der Waals surface area contributed by atoms with Crippen molar-refractivity contribution in [1.29, 1.82) is 0 Å². The Hall–Kier alpha value is -2.26. The predicted octanol–water partition coefficient (Wildman–Crippen LogP) is 4.08. The smallest absolute Gasteiger partial charge is 0.193 e. The number of aromatic nitrogens is 2. The minimum atomic E-state index is 0. The molecule has 3 rings (SSSR count). The quantitative estimate of drug-likeness (QED) is 0.326. The average molecular weight is 484 g/mol. The molecule has 0 aliphatic heterocycles. The van der Waals surface area contributed by atoms with E-state index in [1.54, 1.807) is 30.1 Å². The van der Waals surface area contributed by atoms with Crippen LogP contribution in [0.25, 0.3) is 5.69 Å². The second kappa shape index (κ2) is 9.44. The number of rotatable bonds is 5.